The number of furan rings is 1. The maximum atomic E-state index is 12.4. The van der Waals surface area contributed by atoms with Crippen LogP contribution < -0.4 is 5.73 Å². The van der Waals surface area contributed by atoms with Crippen LogP contribution in [0.3, 0.4) is 0 Å². The number of amides is 2. The minimum absolute atomic E-state index is 0.0724. The van der Waals surface area contributed by atoms with E-state index in [1.807, 2.05) is 11.0 Å². The van der Waals surface area contributed by atoms with E-state index in [1.54, 1.807) is 23.3 Å². The summed E-state index contributed by atoms with van der Waals surface area (Å²) in [7, 11) is 0. The Bertz CT molecular complexity index is 550. The maximum Gasteiger partial charge on any atom is 0.237 e. The molecule has 0 aliphatic carbocycles. The predicted octanol–water partition coefficient (Wildman–Crippen LogP) is 0.329. The summed E-state index contributed by atoms with van der Waals surface area (Å²) >= 11 is 0. The summed E-state index contributed by atoms with van der Waals surface area (Å²) in [5.74, 6) is 0.122. The summed E-state index contributed by atoms with van der Waals surface area (Å²) in [6, 6.07) is 5.61. The van der Waals surface area contributed by atoms with Crippen LogP contribution in [-0.2, 0) is 16.1 Å². The maximum absolute atomic E-state index is 12.4. The van der Waals surface area contributed by atoms with E-state index in [9.17, 15) is 9.59 Å². The molecular formula is C15H20N4O3. The topological polar surface area (TPSA) is 104 Å². The van der Waals surface area contributed by atoms with E-state index in [4.69, 9.17) is 15.4 Å². The van der Waals surface area contributed by atoms with Gasteiger partial charge in [0.25, 0.3) is 0 Å². The van der Waals surface area contributed by atoms with Gasteiger partial charge in [-0.15, -0.1) is 0 Å². The average Bonchev–Trinajstić information content (AvgIpc) is 3.14. The fraction of sp³-hybridized carbons (Fsp3) is 0.533. The summed E-state index contributed by atoms with van der Waals surface area (Å²) in [5.41, 5.74) is 5.30. The van der Waals surface area contributed by atoms with Gasteiger partial charge in [-0.3, -0.25) is 14.5 Å². The molecule has 0 bridgehead atoms. The van der Waals surface area contributed by atoms with Crippen LogP contribution >= 0.6 is 0 Å². The van der Waals surface area contributed by atoms with Crippen molar-refractivity contribution in [2.75, 3.05) is 26.2 Å². The molecule has 7 nitrogen and oxygen atoms in total. The lowest BCUT2D eigenvalue weighted by Crippen LogP contribution is -2.40. The van der Waals surface area contributed by atoms with Gasteiger partial charge in [0.1, 0.15) is 5.76 Å². The minimum Gasteiger partial charge on any atom is -0.467 e. The van der Waals surface area contributed by atoms with Crippen molar-refractivity contribution in [2.45, 2.75) is 19.4 Å². The van der Waals surface area contributed by atoms with Gasteiger partial charge in [-0.1, -0.05) is 0 Å². The van der Waals surface area contributed by atoms with Crippen LogP contribution in [0.4, 0.5) is 0 Å². The second kappa shape index (κ2) is 7.61. The van der Waals surface area contributed by atoms with Gasteiger partial charge in [0.05, 0.1) is 37.8 Å². The number of rotatable bonds is 7. The van der Waals surface area contributed by atoms with Crippen LogP contribution in [0.15, 0.2) is 22.8 Å². The lowest BCUT2D eigenvalue weighted by Gasteiger charge is -2.23. The molecule has 118 valence electrons. The SMILES string of the molecule is N#CCCN(Cc1ccco1)C(=O)CN1CCC(C(N)=O)C1. The van der Waals surface area contributed by atoms with Crippen LogP contribution in [0.1, 0.15) is 18.6 Å². The Morgan fingerprint density at radius 2 is 2.36 bits per heavy atom. The van der Waals surface area contributed by atoms with E-state index < -0.39 is 0 Å². The Kier molecular flexibility index (Phi) is 5.55. The van der Waals surface area contributed by atoms with Crippen molar-refractivity contribution < 1.29 is 14.0 Å². The number of primary amides is 1. The number of nitrogens with two attached hydrogens (primary N) is 1. The van der Waals surface area contributed by atoms with Gasteiger partial charge >= 0.3 is 0 Å². The molecule has 2 amide bonds. The van der Waals surface area contributed by atoms with E-state index in [-0.39, 0.29) is 30.7 Å². The normalized spacial score (nSPS) is 18.0. The van der Waals surface area contributed by atoms with Crippen molar-refractivity contribution >= 4 is 11.8 Å². The molecule has 0 radical (unpaired) electrons. The number of nitriles is 1. The molecular weight excluding hydrogens is 284 g/mol. The average molecular weight is 304 g/mol. The van der Waals surface area contributed by atoms with Gasteiger partial charge in [-0.05, 0) is 25.1 Å². The van der Waals surface area contributed by atoms with Crippen LogP contribution in [-0.4, -0.2) is 47.8 Å². The van der Waals surface area contributed by atoms with E-state index in [2.05, 4.69) is 0 Å². The molecule has 1 unspecified atom stereocenters. The Hall–Kier alpha value is -2.33. The quantitative estimate of drug-likeness (QED) is 0.781. The van der Waals surface area contributed by atoms with Crippen LogP contribution in [0.2, 0.25) is 0 Å². The molecule has 1 aromatic heterocycles. The molecule has 1 saturated heterocycles. The summed E-state index contributed by atoms with van der Waals surface area (Å²) < 4.78 is 5.26. The highest BCUT2D eigenvalue weighted by Crippen LogP contribution is 2.16. The predicted molar refractivity (Wildman–Crippen MR) is 78.1 cm³/mol. The van der Waals surface area contributed by atoms with E-state index in [1.165, 1.54) is 0 Å². The van der Waals surface area contributed by atoms with Crippen molar-refractivity contribution in [1.82, 2.24) is 9.80 Å². The van der Waals surface area contributed by atoms with Gasteiger partial charge in [-0.2, -0.15) is 5.26 Å². The third kappa shape index (κ3) is 4.33. The highest BCUT2D eigenvalue weighted by Gasteiger charge is 2.28. The molecule has 0 saturated carbocycles. The fourth-order valence-corrected chi connectivity index (χ4v) is 2.57. The van der Waals surface area contributed by atoms with E-state index in [0.717, 1.165) is 0 Å². The van der Waals surface area contributed by atoms with Gasteiger partial charge < -0.3 is 15.1 Å². The lowest BCUT2D eigenvalue weighted by atomic mass is 10.1. The first kappa shape index (κ1) is 16.0. The van der Waals surface area contributed by atoms with Crippen molar-refractivity contribution in [3.05, 3.63) is 24.2 Å². The van der Waals surface area contributed by atoms with Gasteiger partial charge in [-0.25, -0.2) is 0 Å². The Balaban J connectivity index is 1.91. The summed E-state index contributed by atoms with van der Waals surface area (Å²) in [5, 5.41) is 8.73. The summed E-state index contributed by atoms with van der Waals surface area (Å²) in [6.45, 7) is 2.15. The van der Waals surface area contributed by atoms with Crippen LogP contribution in [0.5, 0.6) is 0 Å². The molecule has 1 atom stereocenters. The summed E-state index contributed by atoms with van der Waals surface area (Å²) in [6.07, 6.45) is 2.52. The second-order valence-electron chi connectivity index (χ2n) is 5.43. The minimum atomic E-state index is -0.313. The molecule has 0 aromatic carbocycles. The number of nitrogens with zero attached hydrogens (tertiary/aromatic N) is 3. The second-order valence-corrected chi connectivity index (χ2v) is 5.43. The molecule has 2 N–H and O–H groups in total. The summed E-state index contributed by atoms with van der Waals surface area (Å²) in [4.78, 5) is 27.1. The van der Waals surface area contributed by atoms with Crippen molar-refractivity contribution in [1.29, 1.82) is 5.26 Å². The van der Waals surface area contributed by atoms with Gasteiger partial charge in [0.2, 0.25) is 11.8 Å². The molecule has 0 spiro atoms. The largest absolute Gasteiger partial charge is 0.467 e. The number of carbonyl (C=O) groups excluding carboxylic acids is 2. The molecule has 1 fully saturated rings. The Morgan fingerprint density at radius 1 is 1.55 bits per heavy atom. The third-order valence-electron chi connectivity index (χ3n) is 3.81. The van der Waals surface area contributed by atoms with E-state index >= 15 is 0 Å². The smallest absolute Gasteiger partial charge is 0.237 e. The highest BCUT2D eigenvalue weighted by molar-refractivity contribution is 5.79. The third-order valence-corrected chi connectivity index (χ3v) is 3.81. The molecule has 2 heterocycles. The number of likely N-dealkylation sites (tertiary alicyclic amines) is 1. The first-order chi connectivity index (χ1) is 10.6. The van der Waals surface area contributed by atoms with Crippen LogP contribution in [0.25, 0.3) is 0 Å². The van der Waals surface area contributed by atoms with Crippen LogP contribution in [0, 0.1) is 17.2 Å². The van der Waals surface area contributed by atoms with Gasteiger partial charge in [0.15, 0.2) is 0 Å². The zero-order valence-corrected chi connectivity index (χ0v) is 12.4. The Morgan fingerprint density at radius 3 is 2.95 bits per heavy atom. The highest BCUT2D eigenvalue weighted by atomic mass is 16.3. The molecule has 22 heavy (non-hydrogen) atoms. The molecule has 7 heteroatoms. The number of hydrogen-bond donors (Lipinski definition) is 1. The molecule has 1 aliphatic rings. The monoisotopic (exact) mass is 304 g/mol. The number of hydrogen-bond acceptors (Lipinski definition) is 5. The molecule has 2 rings (SSSR count). The van der Waals surface area contributed by atoms with Crippen molar-refractivity contribution in [3.8, 4) is 6.07 Å². The number of carbonyl (C=O) groups is 2. The van der Waals surface area contributed by atoms with Gasteiger partial charge in [0, 0.05) is 13.1 Å². The first-order valence-corrected chi connectivity index (χ1v) is 7.29. The fourth-order valence-electron chi connectivity index (χ4n) is 2.57. The molecule has 1 aliphatic heterocycles. The zero-order valence-electron chi connectivity index (χ0n) is 12.4. The lowest BCUT2D eigenvalue weighted by molar-refractivity contribution is -0.133. The zero-order chi connectivity index (χ0) is 15.9. The van der Waals surface area contributed by atoms with Crippen molar-refractivity contribution in [2.24, 2.45) is 11.7 Å². The Labute approximate surface area is 129 Å². The van der Waals surface area contributed by atoms with E-state index in [0.29, 0.717) is 38.4 Å². The standard InChI is InChI=1S/C15H20N4O3/c16-5-2-6-19(10-13-3-1-8-22-13)14(20)11-18-7-4-12(9-18)15(17)21/h1,3,8,12H,2,4,6-7,9-11H2,(H2,17,21). The van der Waals surface area contributed by atoms with Crippen molar-refractivity contribution in [3.63, 3.8) is 0 Å². The molecule has 1 aromatic rings. The first-order valence-electron chi connectivity index (χ1n) is 7.29.